The van der Waals surface area contributed by atoms with E-state index in [1.807, 2.05) is 0 Å². The lowest BCUT2D eigenvalue weighted by Gasteiger charge is -1.65. The maximum absolute atomic E-state index is 3.19. The van der Waals surface area contributed by atoms with E-state index in [2.05, 4.69) is 79.2 Å². The van der Waals surface area contributed by atoms with Crippen molar-refractivity contribution >= 4 is 31.9 Å². The largest absolute Gasteiger partial charge is 0.0869 e. The van der Waals surface area contributed by atoms with Crippen molar-refractivity contribution in [1.29, 1.82) is 0 Å². The first-order valence-corrected chi connectivity index (χ1v) is 6.56. The standard InChI is InChI=1S/C14H8Br2/c15-13-11-9-7-5-3-1-2-4-6-8-10-12-14-16/h5-8H,13-14H2/b7-5-,8-6-. The van der Waals surface area contributed by atoms with Crippen molar-refractivity contribution in [3.05, 3.63) is 24.3 Å². The summed E-state index contributed by atoms with van der Waals surface area (Å²) < 4.78 is 0. The van der Waals surface area contributed by atoms with Crippen LogP contribution in [0.4, 0.5) is 0 Å². The van der Waals surface area contributed by atoms with Gasteiger partial charge in [-0.2, -0.15) is 0 Å². The molecule has 2 heteroatoms. The molecule has 0 N–H and O–H groups in total. The zero-order chi connectivity index (χ0) is 11.9. The monoisotopic (exact) mass is 334 g/mol. The Kier molecular flexibility index (Phi) is 12.6. The molecule has 0 aromatic heterocycles. The summed E-state index contributed by atoms with van der Waals surface area (Å²) in [5, 5.41) is 1.34. The van der Waals surface area contributed by atoms with Gasteiger partial charge in [-0.15, -0.1) is 0 Å². The third-order valence-corrected chi connectivity index (χ3v) is 1.61. The lowest BCUT2D eigenvalue weighted by molar-refractivity contribution is 1.97. The second-order valence-electron chi connectivity index (χ2n) is 2.11. The van der Waals surface area contributed by atoms with Crippen molar-refractivity contribution in [2.75, 3.05) is 10.7 Å². The Labute approximate surface area is 114 Å². The first-order chi connectivity index (χ1) is 7.91. The summed E-state index contributed by atoms with van der Waals surface area (Å²) in [6, 6.07) is 0. The quantitative estimate of drug-likeness (QED) is 0.471. The van der Waals surface area contributed by atoms with Crippen molar-refractivity contribution < 1.29 is 0 Å². The molecule has 0 heterocycles. The van der Waals surface area contributed by atoms with E-state index in [1.54, 1.807) is 24.3 Å². The van der Waals surface area contributed by atoms with E-state index in [0.29, 0.717) is 10.7 Å². The normalized spacial score (nSPS) is 7.88. The van der Waals surface area contributed by atoms with E-state index < -0.39 is 0 Å². The minimum Gasteiger partial charge on any atom is -0.0869 e. The van der Waals surface area contributed by atoms with E-state index in [1.165, 1.54) is 0 Å². The van der Waals surface area contributed by atoms with Crippen molar-refractivity contribution in [2.24, 2.45) is 0 Å². The van der Waals surface area contributed by atoms with Gasteiger partial charge in [0.2, 0.25) is 0 Å². The molecule has 0 unspecified atom stereocenters. The van der Waals surface area contributed by atoms with Crippen LogP contribution in [0.5, 0.6) is 0 Å². The highest BCUT2D eigenvalue weighted by Crippen LogP contribution is 1.74. The molecule has 0 nitrogen and oxygen atoms in total. The molecule has 0 saturated carbocycles. The van der Waals surface area contributed by atoms with Gasteiger partial charge in [0.15, 0.2) is 0 Å². The van der Waals surface area contributed by atoms with Crippen LogP contribution in [0.15, 0.2) is 24.3 Å². The molecule has 0 aliphatic carbocycles. The molecule has 0 aliphatic heterocycles. The molecular weight excluding hydrogens is 328 g/mol. The molecule has 0 aromatic rings. The van der Waals surface area contributed by atoms with Crippen LogP contribution in [-0.4, -0.2) is 10.7 Å². The van der Waals surface area contributed by atoms with E-state index >= 15 is 0 Å². The number of rotatable bonds is 0. The highest BCUT2D eigenvalue weighted by molar-refractivity contribution is 9.09. The third-order valence-electron chi connectivity index (χ3n) is 1.04. The molecule has 0 radical (unpaired) electrons. The van der Waals surface area contributed by atoms with Crippen LogP contribution >= 0.6 is 31.9 Å². The van der Waals surface area contributed by atoms with E-state index in [4.69, 9.17) is 0 Å². The fourth-order valence-corrected chi connectivity index (χ4v) is 0.841. The number of hydrogen-bond donors (Lipinski definition) is 0. The molecule has 0 aliphatic rings. The number of halogens is 2. The van der Waals surface area contributed by atoms with Crippen LogP contribution in [-0.2, 0) is 0 Å². The predicted molar refractivity (Wildman–Crippen MR) is 77.0 cm³/mol. The Balaban J connectivity index is 3.97. The molecule has 0 aromatic carbocycles. The topological polar surface area (TPSA) is 0 Å². The van der Waals surface area contributed by atoms with E-state index in [0.717, 1.165) is 0 Å². The first-order valence-electron chi connectivity index (χ1n) is 4.31. The summed E-state index contributed by atoms with van der Waals surface area (Å²) in [4.78, 5) is 0. The Morgan fingerprint density at radius 3 is 1.38 bits per heavy atom. The van der Waals surface area contributed by atoms with Gasteiger partial charge in [0.1, 0.15) is 0 Å². The molecule has 78 valence electrons. The van der Waals surface area contributed by atoms with Gasteiger partial charge in [-0.1, -0.05) is 67.4 Å². The minimum atomic E-state index is 0.671. The lowest BCUT2D eigenvalue weighted by Crippen LogP contribution is -1.57. The molecule has 0 amide bonds. The van der Waals surface area contributed by atoms with Crippen LogP contribution in [0.1, 0.15) is 0 Å². The Morgan fingerprint density at radius 1 is 0.625 bits per heavy atom. The summed E-state index contributed by atoms with van der Waals surface area (Å²) in [5.74, 6) is 22.1. The molecule has 0 atom stereocenters. The summed E-state index contributed by atoms with van der Waals surface area (Å²) in [6.45, 7) is 0. The summed E-state index contributed by atoms with van der Waals surface area (Å²) in [5.41, 5.74) is 0. The molecule has 0 saturated heterocycles. The fourth-order valence-electron chi connectivity index (χ4n) is 0.517. The minimum absolute atomic E-state index is 0.671. The zero-order valence-electron chi connectivity index (χ0n) is 8.48. The first kappa shape index (κ1) is 14.7. The van der Waals surface area contributed by atoms with Gasteiger partial charge in [-0.25, -0.2) is 0 Å². The van der Waals surface area contributed by atoms with Crippen LogP contribution in [0.25, 0.3) is 0 Å². The summed E-state index contributed by atoms with van der Waals surface area (Å²) >= 11 is 6.38. The molecule has 0 spiro atoms. The molecule has 0 rings (SSSR count). The van der Waals surface area contributed by atoms with E-state index in [-0.39, 0.29) is 0 Å². The maximum Gasteiger partial charge on any atom is 0.0649 e. The second-order valence-corrected chi connectivity index (χ2v) is 3.24. The number of hydrogen-bond acceptors (Lipinski definition) is 0. The summed E-state index contributed by atoms with van der Waals surface area (Å²) in [6.07, 6.45) is 6.71. The highest BCUT2D eigenvalue weighted by Gasteiger charge is 1.61. The van der Waals surface area contributed by atoms with Gasteiger partial charge in [0.25, 0.3) is 0 Å². The summed E-state index contributed by atoms with van der Waals surface area (Å²) in [7, 11) is 0. The zero-order valence-corrected chi connectivity index (χ0v) is 11.7. The highest BCUT2D eigenvalue weighted by atomic mass is 79.9. The van der Waals surface area contributed by atoms with Gasteiger partial charge in [-0.3, -0.25) is 0 Å². The molecule has 0 bridgehead atoms. The van der Waals surface area contributed by atoms with Crippen molar-refractivity contribution in [2.45, 2.75) is 0 Å². The number of alkyl halides is 2. The van der Waals surface area contributed by atoms with Gasteiger partial charge in [0.05, 0.1) is 10.7 Å². The SMILES string of the molecule is BrCC#C/C=C\C#CC#C/C=C\C#CCBr. The number of allylic oxidation sites excluding steroid dienone is 4. The molecule has 0 fully saturated rings. The average Bonchev–Trinajstić information content (AvgIpc) is 2.31. The van der Waals surface area contributed by atoms with Gasteiger partial charge >= 0.3 is 0 Å². The second kappa shape index (κ2) is 13.7. The Morgan fingerprint density at radius 2 is 1.00 bits per heavy atom. The maximum atomic E-state index is 3.19. The fraction of sp³-hybridized carbons (Fsp3) is 0.143. The third kappa shape index (κ3) is 12.7. The van der Waals surface area contributed by atoms with Gasteiger partial charge in [0, 0.05) is 0 Å². The van der Waals surface area contributed by atoms with Crippen LogP contribution in [0, 0.1) is 47.4 Å². The Hall–Kier alpha value is -1.32. The predicted octanol–water partition coefficient (Wildman–Crippen LogP) is 2.90. The van der Waals surface area contributed by atoms with Crippen molar-refractivity contribution in [3.8, 4) is 47.4 Å². The van der Waals surface area contributed by atoms with Gasteiger partial charge in [-0.05, 0) is 36.1 Å². The van der Waals surface area contributed by atoms with Crippen LogP contribution < -0.4 is 0 Å². The molecule has 16 heavy (non-hydrogen) atoms. The smallest absolute Gasteiger partial charge is 0.0649 e. The average molecular weight is 336 g/mol. The van der Waals surface area contributed by atoms with Crippen molar-refractivity contribution in [3.63, 3.8) is 0 Å². The molecular formula is C14H8Br2. The van der Waals surface area contributed by atoms with E-state index in [9.17, 15) is 0 Å². The lowest BCUT2D eigenvalue weighted by atomic mass is 10.4. The van der Waals surface area contributed by atoms with Crippen molar-refractivity contribution in [1.82, 2.24) is 0 Å². The van der Waals surface area contributed by atoms with Gasteiger partial charge < -0.3 is 0 Å². The van der Waals surface area contributed by atoms with Crippen LogP contribution in [0.2, 0.25) is 0 Å². The Bertz CT molecular complexity index is 432. The van der Waals surface area contributed by atoms with Crippen LogP contribution in [0.3, 0.4) is 0 Å².